The van der Waals surface area contributed by atoms with Gasteiger partial charge in [-0.15, -0.1) is 0 Å². The molecule has 0 saturated carbocycles. The summed E-state index contributed by atoms with van der Waals surface area (Å²) in [6, 6.07) is 15.8. The lowest BCUT2D eigenvalue weighted by atomic mass is 9.94. The number of halogens is 2. The summed E-state index contributed by atoms with van der Waals surface area (Å²) >= 11 is 12.3. The van der Waals surface area contributed by atoms with Crippen LogP contribution in [0.3, 0.4) is 0 Å². The van der Waals surface area contributed by atoms with E-state index in [1.165, 1.54) is 0 Å². The summed E-state index contributed by atoms with van der Waals surface area (Å²) in [6.45, 7) is 6.65. The topological polar surface area (TPSA) is 29.5 Å². The van der Waals surface area contributed by atoms with E-state index in [9.17, 15) is 5.11 Å². The van der Waals surface area contributed by atoms with E-state index in [0.717, 1.165) is 35.3 Å². The van der Waals surface area contributed by atoms with Gasteiger partial charge in [0.25, 0.3) is 0 Å². The normalized spacial score (nSPS) is 13.4. The molecule has 1 N–H and O–H groups in total. The molecule has 2 aromatic carbocycles. The number of hydrogen-bond acceptors (Lipinski definition) is 2. The molecule has 0 aliphatic rings. The Morgan fingerprint density at radius 2 is 1.74 bits per heavy atom. The van der Waals surface area contributed by atoms with Crippen LogP contribution in [0.15, 0.2) is 54.3 Å². The standard InChI is InChI=1S/C23H28Cl2O2/c1-4-23(27-15-17-8-6-5-7-9-17)19(11-13-22(26)16(2)3)18-10-12-20(24)21(25)14-18/h5-10,12,14,16,22,26H,4,11,13,15H2,1-3H3/b23-19+. The van der Waals surface area contributed by atoms with Crippen LogP contribution in [0.2, 0.25) is 10.0 Å². The highest BCUT2D eigenvalue weighted by molar-refractivity contribution is 6.42. The second kappa shape index (κ2) is 10.8. The first kappa shape index (κ1) is 21.8. The van der Waals surface area contributed by atoms with Crippen molar-refractivity contribution in [2.75, 3.05) is 0 Å². The Morgan fingerprint density at radius 1 is 1.04 bits per heavy atom. The maximum absolute atomic E-state index is 10.3. The second-order valence-corrected chi connectivity index (χ2v) is 7.82. The number of rotatable bonds is 9. The van der Waals surface area contributed by atoms with E-state index in [-0.39, 0.29) is 12.0 Å². The molecule has 0 bridgehead atoms. The fourth-order valence-corrected chi connectivity index (χ4v) is 3.20. The lowest BCUT2D eigenvalue weighted by molar-refractivity contribution is 0.117. The molecule has 0 fully saturated rings. The third kappa shape index (κ3) is 6.57. The number of aliphatic hydroxyl groups excluding tert-OH is 1. The highest BCUT2D eigenvalue weighted by Gasteiger charge is 2.16. The molecule has 1 atom stereocenters. The van der Waals surface area contributed by atoms with Gasteiger partial charge in [0.05, 0.1) is 21.9 Å². The first-order valence-corrected chi connectivity index (χ1v) is 10.2. The number of hydrogen-bond donors (Lipinski definition) is 1. The van der Waals surface area contributed by atoms with Crippen LogP contribution >= 0.6 is 23.2 Å². The van der Waals surface area contributed by atoms with Gasteiger partial charge < -0.3 is 9.84 Å². The predicted octanol–water partition coefficient (Wildman–Crippen LogP) is 7.13. The van der Waals surface area contributed by atoms with E-state index in [2.05, 4.69) is 19.1 Å². The molecule has 1 unspecified atom stereocenters. The van der Waals surface area contributed by atoms with Crippen LogP contribution in [-0.2, 0) is 11.3 Å². The van der Waals surface area contributed by atoms with Gasteiger partial charge in [-0.25, -0.2) is 0 Å². The van der Waals surface area contributed by atoms with Crippen molar-refractivity contribution in [2.24, 2.45) is 5.92 Å². The van der Waals surface area contributed by atoms with Gasteiger partial charge in [-0.05, 0) is 47.6 Å². The minimum absolute atomic E-state index is 0.218. The van der Waals surface area contributed by atoms with Crippen LogP contribution in [0.4, 0.5) is 0 Å². The molecule has 4 heteroatoms. The molecule has 27 heavy (non-hydrogen) atoms. The van der Waals surface area contributed by atoms with Crippen molar-refractivity contribution in [1.29, 1.82) is 0 Å². The highest BCUT2D eigenvalue weighted by atomic mass is 35.5. The average Bonchev–Trinajstić information content (AvgIpc) is 2.67. The highest BCUT2D eigenvalue weighted by Crippen LogP contribution is 2.32. The monoisotopic (exact) mass is 406 g/mol. The zero-order chi connectivity index (χ0) is 19.8. The second-order valence-electron chi connectivity index (χ2n) is 7.01. The molecule has 2 aromatic rings. The molecule has 0 spiro atoms. The van der Waals surface area contributed by atoms with Crippen LogP contribution in [-0.4, -0.2) is 11.2 Å². The Bertz CT molecular complexity index is 754. The molecule has 0 heterocycles. The Balaban J connectivity index is 2.31. The summed E-state index contributed by atoms with van der Waals surface area (Å²) in [4.78, 5) is 0. The third-order valence-corrected chi connectivity index (χ3v) is 5.38. The van der Waals surface area contributed by atoms with Gasteiger partial charge in [0.15, 0.2) is 0 Å². The van der Waals surface area contributed by atoms with Gasteiger partial charge in [0.1, 0.15) is 6.61 Å². The Morgan fingerprint density at radius 3 is 2.33 bits per heavy atom. The predicted molar refractivity (Wildman–Crippen MR) is 115 cm³/mol. The first-order valence-electron chi connectivity index (χ1n) is 9.44. The van der Waals surface area contributed by atoms with Gasteiger partial charge in [-0.1, -0.05) is 80.4 Å². The smallest absolute Gasteiger partial charge is 0.113 e. The Labute approximate surface area is 172 Å². The van der Waals surface area contributed by atoms with E-state index in [1.807, 2.05) is 50.2 Å². The Kier molecular flexibility index (Phi) is 8.69. The molecular weight excluding hydrogens is 379 g/mol. The number of aliphatic hydroxyl groups is 1. The van der Waals surface area contributed by atoms with Crippen LogP contribution in [0.1, 0.15) is 51.2 Å². The summed E-state index contributed by atoms with van der Waals surface area (Å²) in [7, 11) is 0. The third-order valence-electron chi connectivity index (χ3n) is 4.64. The van der Waals surface area contributed by atoms with Gasteiger partial charge >= 0.3 is 0 Å². The Hall–Kier alpha value is -1.48. The van der Waals surface area contributed by atoms with Crippen molar-refractivity contribution in [3.63, 3.8) is 0 Å². The summed E-state index contributed by atoms with van der Waals surface area (Å²) in [5, 5.41) is 11.3. The molecule has 2 rings (SSSR count). The van der Waals surface area contributed by atoms with Gasteiger partial charge in [-0.2, -0.15) is 0 Å². The summed E-state index contributed by atoms with van der Waals surface area (Å²) in [5.41, 5.74) is 3.19. The molecule has 0 aliphatic carbocycles. The van der Waals surface area contributed by atoms with E-state index >= 15 is 0 Å². The molecule has 0 amide bonds. The van der Waals surface area contributed by atoms with Gasteiger partial charge in [0, 0.05) is 6.42 Å². The number of benzene rings is 2. The van der Waals surface area contributed by atoms with Crippen molar-refractivity contribution >= 4 is 28.8 Å². The summed E-state index contributed by atoms with van der Waals surface area (Å²) in [5.74, 6) is 1.14. The average molecular weight is 407 g/mol. The van der Waals surface area contributed by atoms with Crippen LogP contribution in [0.25, 0.3) is 5.57 Å². The quantitative estimate of drug-likeness (QED) is 0.448. The molecule has 2 nitrogen and oxygen atoms in total. The fourth-order valence-electron chi connectivity index (χ4n) is 2.90. The summed E-state index contributed by atoms with van der Waals surface area (Å²) < 4.78 is 6.18. The molecular formula is C23H28Cl2O2. The first-order chi connectivity index (χ1) is 12.9. The number of ether oxygens (including phenoxy) is 1. The zero-order valence-corrected chi connectivity index (χ0v) is 17.7. The summed E-state index contributed by atoms with van der Waals surface area (Å²) in [6.07, 6.45) is 1.80. The van der Waals surface area contributed by atoms with Crippen molar-refractivity contribution in [2.45, 2.75) is 52.7 Å². The van der Waals surface area contributed by atoms with Gasteiger partial charge in [0.2, 0.25) is 0 Å². The largest absolute Gasteiger partial charge is 0.493 e. The fraction of sp³-hybridized carbons (Fsp3) is 0.391. The van der Waals surface area contributed by atoms with Crippen molar-refractivity contribution in [1.82, 2.24) is 0 Å². The molecule has 0 saturated heterocycles. The lowest BCUT2D eigenvalue weighted by Crippen LogP contribution is -2.14. The maximum Gasteiger partial charge on any atom is 0.113 e. The van der Waals surface area contributed by atoms with Crippen LogP contribution in [0.5, 0.6) is 0 Å². The van der Waals surface area contributed by atoms with E-state index in [0.29, 0.717) is 23.1 Å². The minimum Gasteiger partial charge on any atom is -0.493 e. The molecule has 146 valence electrons. The zero-order valence-electron chi connectivity index (χ0n) is 16.2. The molecule has 0 aliphatic heterocycles. The minimum atomic E-state index is -0.352. The molecule has 0 radical (unpaired) electrons. The van der Waals surface area contributed by atoms with E-state index < -0.39 is 0 Å². The van der Waals surface area contributed by atoms with Gasteiger partial charge in [-0.3, -0.25) is 0 Å². The van der Waals surface area contributed by atoms with Crippen molar-refractivity contribution in [3.8, 4) is 0 Å². The van der Waals surface area contributed by atoms with Crippen LogP contribution in [0, 0.1) is 5.92 Å². The SMILES string of the molecule is CC/C(OCc1ccccc1)=C(/CCC(O)C(C)C)c1ccc(Cl)c(Cl)c1. The van der Waals surface area contributed by atoms with Crippen molar-refractivity contribution in [3.05, 3.63) is 75.5 Å². The lowest BCUT2D eigenvalue weighted by Gasteiger charge is -2.20. The van der Waals surface area contributed by atoms with E-state index in [1.54, 1.807) is 0 Å². The number of allylic oxidation sites excluding steroid dienone is 2. The maximum atomic E-state index is 10.3. The van der Waals surface area contributed by atoms with E-state index in [4.69, 9.17) is 27.9 Å². The van der Waals surface area contributed by atoms with Crippen LogP contribution < -0.4 is 0 Å². The van der Waals surface area contributed by atoms with Crippen molar-refractivity contribution < 1.29 is 9.84 Å². The molecule has 0 aromatic heterocycles.